The maximum atomic E-state index is 9.55. The summed E-state index contributed by atoms with van der Waals surface area (Å²) >= 11 is 6.21. The summed E-state index contributed by atoms with van der Waals surface area (Å²) in [6.45, 7) is 8.16. The molecule has 1 rings (SSSR count). The quantitative estimate of drug-likeness (QED) is 0.770. The second-order valence-electron chi connectivity index (χ2n) is 5.11. The van der Waals surface area contributed by atoms with E-state index in [2.05, 4.69) is 19.2 Å². The van der Waals surface area contributed by atoms with Gasteiger partial charge in [-0.15, -0.1) is 0 Å². The van der Waals surface area contributed by atoms with Crippen LogP contribution in [0.1, 0.15) is 32.8 Å². The Kier molecular flexibility index (Phi) is 7.21. The zero-order valence-corrected chi connectivity index (χ0v) is 12.7. The minimum atomic E-state index is -0.435. The number of hydrogen-bond donors (Lipinski definition) is 2. The molecule has 0 heterocycles. The van der Waals surface area contributed by atoms with Crippen LogP contribution in [-0.2, 0) is 6.54 Å². The second kappa shape index (κ2) is 8.41. The normalized spacial score (nSPS) is 12.7. The van der Waals surface area contributed by atoms with Gasteiger partial charge in [-0.25, -0.2) is 0 Å². The van der Waals surface area contributed by atoms with E-state index in [-0.39, 0.29) is 0 Å². The standard InChI is InChI=1S/C15H24ClNO2/c1-4-12(18)10-19-15-7-5-6-14(16)13(15)9-17-8-11(2)3/h5-7,11-12,17-18H,4,8-10H2,1-3H3. The molecule has 1 unspecified atom stereocenters. The molecule has 0 fully saturated rings. The molecular weight excluding hydrogens is 262 g/mol. The Balaban J connectivity index is 2.66. The minimum Gasteiger partial charge on any atom is -0.491 e. The van der Waals surface area contributed by atoms with Gasteiger partial charge in [-0.1, -0.05) is 38.4 Å². The Morgan fingerprint density at radius 2 is 2.11 bits per heavy atom. The SMILES string of the molecule is CCC(O)COc1cccc(Cl)c1CNCC(C)C. The highest BCUT2D eigenvalue weighted by Gasteiger charge is 2.10. The van der Waals surface area contributed by atoms with Crippen LogP contribution in [-0.4, -0.2) is 24.4 Å². The predicted octanol–water partition coefficient (Wildman–Crippen LogP) is 3.24. The van der Waals surface area contributed by atoms with Crippen LogP contribution in [0.15, 0.2) is 18.2 Å². The highest BCUT2D eigenvalue weighted by molar-refractivity contribution is 6.31. The third kappa shape index (κ3) is 5.81. The van der Waals surface area contributed by atoms with Crippen molar-refractivity contribution >= 4 is 11.6 Å². The molecule has 0 spiro atoms. The van der Waals surface area contributed by atoms with Crippen molar-refractivity contribution in [3.63, 3.8) is 0 Å². The topological polar surface area (TPSA) is 41.5 Å². The van der Waals surface area contributed by atoms with Crippen molar-refractivity contribution < 1.29 is 9.84 Å². The van der Waals surface area contributed by atoms with Crippen LogP contribution in [0.3, 0.4) is 0 Å². The van der Waals surface area contributed by atoms with Gasteiger partial charge in [0.15, 0.2) is 0 Å². The lowest BCUT2D eigenvalue weighted by Crippen LogP contribution is -2.21. The zero-order valence-electron chi connectivity index (χ0n) is 11.9. The third-order valence-corrected chi connectivity index (χ3v) is 3.19. The molecule has 0 aliphatic carbocycles. The summed E-state index contributed by atoms with van der Waals surface area (Å²) in [5.74, 6) is 1.34. The monoisotopic (exact) mass is 285 g/mol. The number of benzene rings is 1. The van der Waals surface area contributed by atoms with E-state index in [1.165, 1.54) is 0 Å². The van der Waals surface area contributed by atoms with E-state index in [1.54, 1.807) is 0 Å². The Bertz CT molecular complexity index is 382. The summed E-state index contributed by atoms with van der Waals surface area (Å²) in [5, 5.41) is 13.6. The molecule has 3 nitrogen and oxygen atoms in total. The first-order valence-corrected chi connectivity index (χ1v) is 7.21. The molecule has 0 aromatic heterocycles. The fourth-order valence-corrected chi connectivity index (χ4v) is 1.87. The number of ether oxygens (including phenoxy) is 1. The number of aliphatic hydroxyl groups is 1. The number of rotatable bonds is 8. The van der Waals surface area contributed by atoms with Crippen molar-refractivity contribution in [2.75, 3.05) is 13.2 Å². The van der Waals surface area contributed by atoms with Gasteiger partial charge in [0.25, 0.3) is 0 Å². The Hall–Kier alpha value is -0.770. The first-order chi connectivity index (χ1) is 9.04. The van der Waals surface area contributed by atoms with E-state index in [1.807, 2.05) is 25.1 Å². The summed E-state index contributed by atoms with van der Waals surface area (Å²) < 4.78 is 5.65. The maximum Gasteiger partial charge on any atom is 0.125 e. The van der Waals surface area contributed by atoms with Gasteiger partial charge in [0, 0.05) is 17.1 Å². The van der Waals surface area contributed by atoms with Crippen molar-refractivity contribution in [3.8, 4) is 5.75 Å². The smallest absolute Gasteiger partial charge is 0.125 e. The summed E-state index contributed by atoms with van der Waals surface area (Å²) in [4.78, 5) is 0. The van der Waals surface area contributed by atoms with Gasteiger partial charge >= 0.3 is 0 Å². The van der Waals surface area contributed by atoms with Crippen molar-refractivity contribution in [2.24, 2.45) is 5.92 Å². The number of aliphatic hydroxyl groups excluding tert-OH is 1. The molecule has 0 radical (unpaired) electrons. The van der Waals surface area contributed by atoms with Crippen molar-refractivity contribution in [1.82, 2.24) is 5.32 Å². The number of hydrogen-bond acceptors (Lipinski definition) is 3. The van der Waals surface area contributed by atoms with Gasteiger partial charge in [0.1, 0.15) is 12.4 Å². The average Bonchev–Trinajstić information content (AvgIpc) is 2.38. The lowest BCUT2D eigenvalue weighted by atomic mass is 10.1. The van der Waals surface area contributed by atoms with Gasteiger partial charge < -0.3 is 15.2 Å². The van der Waals surface area contributed by atoms with Gasteiger partial charge in [0.05, 0.1) is 6.10 Å². The fourth-order valence-electron chi connectivity index (χ4n) is 1.64. The predicted molar refractivity (Wildman–Crippen MR) is 79.8 cm³/mol. The molecule has 0 saturated carbocycles. The number of halogens is 1. The van der Waals surface area contributed by atoms with Crippen molar-refractivity contribution in [2.45, 2.75) is 39.8 Å². The van der Waals surface area contributed by atoms with Crippen LogP contribution in [0.25, 0.3) is 0 Å². The summed E-state index contributed by atoms with van der Waals surface area (Å²) in [6, 6.07) is 5.61. The Morgan fingerprint density at radius 3 is 2.74 bits per heavy atom. The van der Waals surface area contributed by atoms with Crippen molar-refractivity contribution in [3.05, 3.63) is 28.8 Å². The zero-order chi connectivity index (χ0) is 14.3. The second-order valence-corrected chi connectivity index (χ2v) is 5.52. The highest BCUT2D eigenvalue weighted by Crippen LogP contribution is 2.26. The molecule has 108 valence electrons. The first-order valence-electron chi connectivity index (χ1n) is 6.83. The molecule has 1 aromatic rings. The van der Waals surface area contributed by atoms with E-state index in [0.29, 0.717) is 30.5 Å². The molecule has 1 aromatic carbocycles. The molecule has 2 N–H and O–H groups in total. The molecule has 4 heteroatoms. The van der Waals surface area contributed by atoms with Crippen LogP contribution >= 0.6 is 11.6 Å². The lowest BCUT2D eigenvalue weighted by Gasteiger charge is -2.16. The van der Waals surface area contributed by atoms with E-state index >= 15 is 0 Å². The van der Waals surface area contributed by atoms with E-state index in [9.17, 15) is 5.11 Å². The van der Waals surface area contributed by atoms with Gasteiger partial charge in [-0.2, -0.15) is 0 Å². The van der Waals surface area contributed by atoms with E-state index in [4.69, 9.17) is 16.3 Å². The lowest BCUT2D eigenvalue weighted by molar-refractivity contribution is 0.104. The van der Waals surface area contributed by atoms with Crippen LogP contribution in [0, 0.1) is 5.92 Å². The first kappa shape index (κ1) is 16.3. The average molecular weight is 286 g/mol. The highest BCUT2D eigenvalue weighted by atomic mass is 35.5. The molecule has 0 bridgehead atoms. The number of nitrogens with one attached hydrogen (secondary N) is 1. The maximum absolute atomic E-state index is 9.55. The van der Waals surface area contributed by atoms with E-state index in [0.717, 1.165) is 17.9 Å². The summed E-state index contributed by atoms with van der Waals surface area (Å²) in [7, 11) is 0. The van der Waals surface area contributed by atoms with Crippen LogP contribution in [0.4, 0.5) is 0 Å². The molecule has 0 aliphatic rings. The van der Waals surface area contributed by atoms with Gasteiger partial charge in [0.2, 0.25) is 0 Å². The Labute approximate surface area is 120 Å². The molecule has 0 aliphatic heterocycles. The van der Waals surface area contributed by atoms with E-state index < -0.39 is 6.10 Å². The fraction of sp³-hybridized carbons (Fsp3) is 0.600. The van der Waals surface area contributed by atoms with Gasteiger partial charge in [-0.3, -0.25) is 0 Å². The summed E-state index contributed by atoms with van der Waals surface area (Å²) in [5.41, 5.74) is 0.952. The van der Waals surface area contributed by atoms with Crippen molar-refractivity contribution in [1.29, 1.82) is 0 Å². The van der Waals surface area contributed by atoms with Crippen LogP contribution in [0.5, 0.6) is 5.75 Å². The largest absolute Gasteiger partial charge is 0.491 e. The summed E-state index contributed by atoms with van der Waals surface area (Å²) in [6.07, 6.45) is 0.247. The molecule has 0 saturated heterocycles. The third-order valence-electron chi connectivity index (χ3n) is 2.83. The minimum absolute atomic E-state index is 0.300. The molecule has 0 amide bonds. The molecule has 1 atom stereocenters. The van der Waals surface area contributed by atoms with Crippen LogP contribution < -0.4 is 10.1 Å². The molecular formula is C15H24ClNO2. The Morgan fingerprint density at radius 1 is 1.37 bits per heavy atom. The molecule has 19 heavy (non-hydrogen) atoms. The van der Waals surface area contributed by atoms with Gasteiger partial charge in [-0.05, 0) is 31.0 Å². The van der Waals surface area contributed by atoms with Crippen LogP contribution in [0.2, 0.25) is 5.02 Å².